The third kappa shape index (κ3) is 3.03. The lowest BCUT2D eigenvalue weighted by Crippen LogP contribution is -1.92. The molecule has 2 rings (SSSR count). The van der Waals surface area contributed by atoms with Gasteiger partial charge in [-0.05, 0) is 29.8 Å². The van der Waals surface area contributed by atoms with Crippen LogP contribution in [0.3, 0.4) is 0 Å². The van der Waals surface area contributed by atoms with Crippen molar-refractivity contribution in [1.29, 1.82) is 5.26 Å². The summed E-state index contributed by atoms with van der Waals surface area (Å²) in [6.45, 7) is 0. The Morgan fingerprint density at radius 1 is 1.30 bits per heavy atom. The molecule has 1 aromatic heterocycles. The van der Waals surface area contributed by atoms with E-state index in [4.69, 9.17) is 5.26 Å². The van der Waals surface area contributed by atoms with Crippen molar-refractivity contribution in [2.45, 2.75) is 0 Å². The first-order valence-corrected chi connectivity index (χ1v) is 5.58. The molecule has 20 heavy (non-hydrogen) atoms. The third-order valence-electron chi connectivity index (χ3n) is 2.53. The number of nitriles is 1. The van der Waals surface area contributed by atoms with Gasteiger partial charge in [-0.15, -0.1) is 0 Å². The topological polar surface area (TPSA) is 79.8 Å². The molecule has 0 aliphatic heterocycles. The fourth-order valence-corrected chi connectivity index (χ4v) is 1.52. The van der Waals surface area contributed by atoms with Gasteiger partial charge in [0.2, 0.25) is 5.82 Å². The number of benzene rings is 1. The molecule has 0 atom stereocenters. The maximum atomic E-state index is 13.2. The Bertz CT molecular complexity index is 718. The first kappa shape index (κ1) is 13.4. The predicted molar refractivity (Wildman–Crippen MR) is 70.9 cm³/mol. The second-order valence-corrected chi connectivity index (χ2v) is 3.88. The Kier molecular flexibility index (Phi) is 3.82. The molecule has 0 bridgehead atoms. The average Bonchev–Trinajstić information content (AvgIpc) is 2.46. The number of nitro benzene ring substituents is 1. The van der Waals surface area contributed by atoms with Gasteiger partial charge in [0.25, 0.3) is 0 Å². The van der Waals surface area contributed by atoms with E-state index in [9.17, 15) is 14.5 Å². The number of nitro groups is 1. The molecule has 0 aliphatic carbocycles. The molecule has 98 valence electrons. The summed E-state index contributed by atoms with van der Waals surface area (Å²) in [5.74, 6) is -0.872. The van der Waals surface area contributed by atoms with Crippen LogP contribution in [-0.2, 0) is 0 Å². The summed E-state index contributed by atoms with van der Waals surface area (Å²) in [7, 11) is 0. The number of aromatic nitrogens is 1. The number of hydrogen-bond donors (Lipinski definition) is 0. The molecule has 0 amide bonds. The van der Waals surface area contributed by atoms with Crippen LogP contribution in [0.4, 0.5) is 10.1 Å². The molecule has 0 saturated carbocycles. The molecule has 0 saturated heterocycles. The molecular weight excluding hydrogens is 261 g/mol. The minimum atomic E-state index is -0.872. The number of halogens is 1. The van der Waals surface area contributed by atoms with Gasteiger partial charge in [0, 0.05) is 12.3 Å². The average molecular weight is 269 g/mol. The Labute approximate surface area is 113 Å². The van der Waals surface area contributed by atoms with E-state index in [0.29, 0.717) is 16.8 Å². The molecule has 0 N–H and O–H groups in total. The second kappa shape index (κ2) is 5.71. The zero-order valence-corrected chi connectivity index (χ0v) is 10.2. The van der Waals surface area contributed by atoms with Gasteiger partial charge in [0.05, 0.1) is 16.2 Å². The van der Waals surface area contributed by atoms with Gasteiger partial charge in [-0.1, -0.05) is 12.1 Å². The minimum absolute atomic E-state index is 0.444. The summed E-state index contributed by atoms with van der Waals surface area (Å²) >= 11 is 0. The van der Waals surface area contributed by atoms with E-state index in [1.807, 2.05) is 6.07 Å². The van der Waals surface area contributed by atoms with Gasteiger partial charge in [-0.2, -0.15) is 9.65 Å². The maximum Gasteiger partial charge on any atom is 0.305 e. The lowest BCUT2D eigenvalue weighted by molar-refractivity contribution is -0.387. The Balaban J connectivity index is 2.25. The van der Waals surface area contributed by atoms with Crippen LogP contribution in [-0.4, -0.2) is 9.91 Å². The monoisotopic (exact) mass is 269 g/mol. The van der Waals surface area contributed by atoms with Crippen molar-refractivity contribution in [2.75, 3.05) is 0 Å². The van der Waals surface area contributed by atoms with E-state index < -0.39 is 16.4 Å². The molecule has 6 heteroatoms. The third-order valence-corrected chi connectivity index (χ3v) is 2.53. The zero-order chi connectivity index (χ0) is 14.5. The summed E-state index contributed by atoms with van der Waals surface area (Å²) in [6.07, 6.45) is 4.63. The van der Waals surface area contributed by atoms with Crippen LogP contribution >= 0.6 is 0 Å². The number of rotatable bonds is 3. The van der Waals surface area contributed by atoms with Crippen LogP contribution < -0.4 is 0 Å². The van der Waals surface area contributed by atoms with E-state index in [1.54, 1.807) is 24.3 Å². The van der Waals surface area contributed by atoms with Gasteiger partial charge in [-0.25, -0.2) is 0 Å². The predicted octanol–water partition coefficient (Wildman–Crippen LogP) is 3.17. The number of pyridine rings is 1. The molecule has 0 unspecified atom stereocenters. The highest BCUT2D eigenvalue weighted by molar-refractivity contribution is 5.69. The van der Waals surface area contributed by atoms with Gasteiger partial charge < -0.3 is 0 Å². The Morgan fingerprint density at radius 3 is 2.70 bits per heavy atom. The first-order valence-electron chi connectivity index (χ1n) is 5.58. The first-order chi connectivity index (χ1) is 9.60. The number of nitrogens with zero attached hydrogens (tertiary/aromatic N) is 3. The van der Waals surface area contributed by atoms with Gasteiger partial charge in [0.15, 0.2) is 0 Å². The van der Waals surface area contributed by atoms with Crippen molar-refractivity contribution in [3.63, 3.8) is 0 Å². The van der Waals surface area contributed by atoms with Crippen LogP contribution in [0.5, 0.6) is 0 Å². The molecule has 0 radical (unpaired) electrons. The van der Waals surface area contributed by atoms with Crippen LogP contribution in [0.25, 0.3) is 12.2 Å². The van der Waals surface area contributed by atoms with Crippen LogP contribution in [0.1, 0.15) is 16.8 Å². The van der Waals surface area contributed by atoms with Crippen molar-refractivity contribution in [3.8, 4) is 6.07 Å². The summed E-state index contributed by atoms with van der Waals surface area (Å²) < 4.78 is 13.2. The van der Waals surface area contributed by atoms with Crippen molar-refractivity contribution >= 4 is 17.8 Å². The highest BCUT2D eigenvalue weighted by atomic mass is 19.1. The molecule has 5 nitrogen and oxygen atoms in total. The zero-order valence-electron chi connectivity index (χ0n) is 10.2. The molecule has 0 fully saturated rings. The van der Waals surface area contributed by atoms with Crippen LogP contribution in [0.15, 0.2) is 36.5 Å². The maximum absolute atomic E-state index is 13.2. The summed E-state index contributed by atoms with van der Waals surface area (Å²) in [5.41, 5.74) is 0.958. The summed E-state index contributed by atoms with van der Waals surface area (Å²) in [4.78, 5) is 13.9. The van der Waals surface area contributed by atoms with Gasteiger partial charge in [0.1, 0.15) is 6.07 Å². The standard InChI is InChI=1S/C14H8FN3O2/c15-13-6-3-10(7-14(13)18(19)20)1-4-12-5-2-11(8-16)9-17-12/h1-7,9H/b4-1+. The van der Waals surface area contributed by atoms with Crippen molar-refractivity contribution in [2.24, 2.45) is 0 Å². The molecule has 0 aliphatic rings. The quantitative estimate of drug-likeness (QED) is 0.633. The Hall–Kier alpha value is -3.07. The molecular formula is C14H8FN3O2. The van der Waals surface area contributed by atoms with E-state index in [2.05, 4.69) is 4.98 Å². The smallest absolute Gasteiger partial charge is 0.258 e. The fraction of sp³-hybridized carbons (Fsp3) is 0. The van der Waals surface area contributed by atoms with E-state index >= 15 is 0 Å². The molecule has 0 spiro atoms. The largest absolute Gasteiger partial charge is 0.305 e. The lowest BCUT2D eigenvalue weighted by Gasteiger charge is -1.97. The fourth-order valence-electron chi connectivity index (χ4n) is 1.52. The van der Waals surface area contributed by atoms with Crippen LogP contribution in [0.2, 0.25) is 0 Å². The van der Waals surface area contributed by atoms with Crippen LogP contribution in [0, 0.1) is 27.3 Å². The molecule has 1 aromatic carbocycles. The van der Waals surface area contributed by atoms with E-state index in [1.165, 1.54) is 12.3 Å². The number of hydrogen-bond acceptors (Lipinski definition) is 4. The van der Waals surface area contributed by atoms with Gasteiger partial charge in [-0.3, -0.25) is 15.1 Å². The summed E-state index contributed by atoms with van der Waals surface area (Å²) in [6, 6.07) is 8.83. The minimum Gasteiger partial charge on any atom is -0.258 e. The van der Waals surface area contributed by atoms with Crippen molar-refractivity contribution < 1.29 is 9.31 Å². The van der Waals surface area contributed by atoms with Crippen molar-refractivity contribution in [1.82, 2.24) is 4.98 Å². The SMILES string of the molecule is N#Cc1ccc(/C=C/c2ccc(F)c([N+](=O)[O-])c2)nc1. The highest BCUT2D eigenvalue weighted by Gasteiger charge is 2.13. The summed E-state index contributed by atoms with van der Waals surface area (Å²) in [5, 5.41) is 19.3. The second-order valence-electron chi connectivity index (χ2n) is 3.88. The molecule has 1 heterocycles. The Morgan fingerprint density at radius 2 is 2.10 bits per heavy atom. The molecule has 2 aromatic rings. The highest BCUT2D eigenvalue weighted by Crippen LogP contribution is 2.19. The van der Waals surface area contributed by atoms with Gasteiger partial charge >= 0.3 is 5.69 Å². The normalized spacial score (nSPS) is 10.4. The lowest BCUT2D eigenvalue weighted by atomic mass is 10.1. The van der Waals surface area contributed by atoms with E-state index in [0.717, 1.165) is 12.1 Å². The van der Waals surface area contributed by atoms with E-state index in [-0.39, 0.29) is 0 Å². The van der Waals surface area contributed by atoms with Crippen molar-refractivity contribution in [3.05, 3.63) is 69.3 Å².